The van der Waals surface area contributed by atoms with Gasteiger partial charge in [-0.1, -0.05) is 15.9 Å². The zero-order valence-corrected chi connectivity index (χ0v) is 14.9. The van der Waals surface area contributed by atoms with Crippen molar-refractivity contribution in [1.82, 2.24) is 14.4 Å². The van der Waals surface area contributed by atoms with Crippen molar-refractivity contribution in [3.05, 3.63) is 56.6 Å². The maximum absolute atomic E-state index is 4.35. The Balaban J connectivity index is 1.85. The molecule has 0 saturated carbocycles. The molecule has 3 aromatic rings. The Hall–Kier alpha value is -1.40. The lowest BCUT2D eigenvalue weighted by Gasteiger charge is -2.10. The SMILES string of the molecule is Cc1cc(NCc2cnc3cnc(Br)cn23)cc(C)c1Br. The summed E-state index contributed by atoms with van der Waals surface area (Å²) < 4.78 is 3.99. The second-order valence-corrected chi connectivity index (χ2v) is 6.57. The maximum Gasteiger partial charge on any atom is 0.155 e. The first-order chi connectivity index (χ1) is 10.0. The van der Waals surface area contributed by atoms with Crippen molar-refractivity contribution in [1.29, 1.82) is 0 Å². The van der Waals surface area contributed by atoms with Crippen molar-refractivity contribution in [2.75, 3.05) is 5.32 Å². The largest absolute Gasteiger partial charge is 0.379 e. The number of imidazole rings is 1. The van der Waals surface area contributed by atoms with Gasteiger partial charge in [0.05, 0.1) is 24.6 Å². The van der Waals surface area contributed by atoms with Gasteiger partial charge in [-0.2, -0.15) is 0 Å². The van der Waals surface area contributed by atoms with Gasteiger partial charge in [-0.25, -0.2) is 9.97 Å². The third kappa shape index (κ3) is 2.96. The van der Waals surface area contributed by atoms with Crippen LogP contribution in [0.25, 0.3) is 5.65 Å². The number of hydrogen-bond donors (Lipinski definition) is 1. The van der Waals surface area contributed by atoms with Crippen LogP contribution in [0.15, 0.2) is 39.8 Å². The lowest BCUT2D eigenvalue weighted by Crippen LogP contribution is -2.03. The fourth-order valence-electron chi connectivity index (χ4n) is 2.29. The van der Waals surface area contributed by atoms with Crippen LogP contribution in [0.2, 0.25) is 0 Å². The highest BCUT2D eigenvalue weighted by Gasteiger charge is 2.06. The Morgan fingerprint density at radius 2 is 1.81 bits per heavy atom. The van der Waals surface area contributed by atoms with E-state index >= 15 is 0 Å². The molecule has 0 atom stereocenters. The third-order valence-electron chi connectivity index (χ3n) is 3.35. The lowest BCUT2D eigenvalue weighted by atomic mass is 10.1. The summed E-state index contributed by atoms with van der Waals surface area (Å²) >= 11 is 6.98. The molecular weight excluding hydrogens is 396 g/mol. The monoisotopic (exact) mass is 408 g/mol. The number of fused-ring (bicyclic) bond motifs is 1. The molecule has 0 bridgehead atoms. The number of anilines is 1. The lowest BCUT2D eigenvalue weighted by molar-refractivity contribution is 0.982. The van der Waals surface area contributed by atoms with Crippen molar-refractivity contribution in [2.45, 2.75) is 20.4 Å². The number of nitrogens with one attached hydrogen (secondary N) is 1. The molecule has 2 heterocycles. The van der Waals surface area contributed by atoms with Gasteiger partial charge >= 0.3 is 0 Å². The van der Waals surface area contributed by atoms with E-state index in [1.807, 2.05) is 16.8 Å². The normalized spacial score (nSPS) is 11.0. The summed E-state index contributed by atoms with van der Waals surface area (Å²) in [6.07, 6.45) is 5.55. The number of aromatic nitrogens is 3. The summed E-state index contributed by atoms with van der Waals surface area (Å²) in [5, 5.41) is 3.45. The average Bonchev–Trinajstić information content (AvgIpc) is 2.84. The number of aryl methyl sites for hydroxylation is 2. The molecule has 0 spiro atoms. The molecule has 0 aliphatic heterocycles. The summed E-state index contributed by atoms with van der Waals surface area (Å²) in [6.45, 7) is 4.90. The highest BCUT2D eigenvalue weighted by molar-refractivity contribution is 9.10. The molecule has 4 nitrogen and oxygen atoms in total. The molecule has 2 aromatic heterocycles. The van der Waals surface area contributed by atoms with Crippen LogP contribution in [0.4, 0.5) is 5.69 Å². The molecule has 0 aliphatic rings. The van der Waals surface area contributed by atoms with Crippen molar-refractivity contribution >= 4 is 43.2 Å². The van der Waals surface area contributed by atoms with E-state index in [9.17, 15) is 0 Å². The van der Waals surface area contributed by atoms with Gasteiger partial charge in [0.2, 0.25) is 0 Å². The Morgan fingerprint density at radius 1 is 1.10 bits per heavy atom. The first kappa shape index (κ1) is 14.5. The summed E-state index contributed by atoms with van der Waals surface area (Å²) in [6, 6.07) is 4.27. The zero-order valence-electron chi connectivity index (χ0n) is 11.7. The predicted molar refractivity (Wildman–Crippen MR) is 91.6 cm³/mol. The van der Waals surface area contributed by atoms with Crippen LogP contribution in [0, 0.1) is 13.8 Å². The van der Waals surface area contributed by atoms with Gasteiger partial charge in [0.25, 0.3) is 0 Å². The second-order valence-electron chi connectivity index (χ2n) is 4.97. The number of benzene rings is 1. The number of hydrogen-bond acceptors (Lipinski definition) is 3. The molecule has 1 aromatic carbocycles. The van der Waals surface area contributed by atoms with Gasteiger partial charge in [0.1, 0.15) is 4.60 Å². The highest BCUT2D eigenvalue weighted by Crippen LogP contribution is 2.25. The van der Waals surface area contributed by atoms with Crippen molar-refractivity contribution in [3.8, 4) is 0 Å². The minimum absolute atomic E-state index is 0.706. The Kier molecular flexibility index (Phi) is 3.99. The summed E-state index contributed by atoms with van der Waals surface area (Å²) in [4.78, 5) is 8.53. The van der Waals surface area contributed by atoms with E-state index < -0.39 is 0 Å². The van der Waals surface area contributed by atoms with Crippen molar-refractivity contribution in [3.63, 3.8) is 0 Å². The first-order valence-electron chi connectivity index (χ1n) is 6.52. The van der Waals surface area contributed by atoms with Crippen molar-refractivity contribution in [2.24, 2.45) is 0 Å². The van der Waals surface area contributed by atoms with E-state index in [1.165, 1.54) is 11.1 Å². The fourth-order valence-corrected chi connectivity index (χ4v) is 2.82. The first-order valence-corrected chi connectivity index (χ1v) is 8.11. The smallest absolute Gasteiger partial charge is 0.155 e. The average molecular weight is 410 g/mol. The standard InChI is InChI=1S/C15H14Br2N4/c1-9-3-11(4-10(2)15(9)17)18-5-12-6-20-14-7-19-13(16)8-21(12)14/h3-4,6-8,18H,5H2,1-2H3. The van der Waals surface area contributed by atoms with Gasteiger partial charge in [-0.05, 0) is 53.0 Å². The topological polar surface area (TPSA) is 42.2 Å². The van der Waals surface area contributed by atoms with E-state index in [-0.39, 0.29) is 0 Å². The molecule has 108 valence electrons. The molecule has 21 heavy (non-hydrogen) atoms. The molecule has 0 saturated heterocycles. The number of rotatable bonds is 3. The van der Waals surface area contributed by atoms with Gasteiger partial charge in [-0.3, -0.25) is 4.40 Å². The molecule has 3 rings (SSSR count). The predicted octanol–water partition coefficient (Wildman–Crippen LogP) is 4.48. The summed E-state index contributed by atoms with van der Waals surface area (Å²) in [5.41, 5.74) is 5.49. The molecule has 0 aliphatic carbocycles. The minimum Gasteiger partial charge on any atom is -0.379 e. The summed E-state index contributed by atoms with van der Waals surface area (Å²) in [5.74, 6) is 0. The minimum atomic E-state index is 0.706. The van der Waals surface area contributed by atoms with Crippen LogP contribution in [0.5, 0.6) is 0 Å². The van der Waals surface area contributed by atoms with Crippen LogP contribution >= 0.6 is 31.9 Å². The van der Waals surface area contributed by atoms with E-state index in [4.69, 9.17) is 0 Å². The third-order valence-corrected chi connectivity index (χ3v) is 5.01. The van der Waals surface area contributed by atoms with Crippen molar-refractivity contribution < 1.29 is 0 Å². The molecule has 6 heteroatoms. The van der Waals surface area contributed by atoms with Gasteiger partial charge in [0, 0.05) is 16.4 Å². The molecule has 0 amide bonds. The maximum atomic E-state index is 4.35. The molecule has 0 fully saturated rings. The van der Waals surface area contributed by atoms with E-state index in [0.717, 1.165) is 26.1 Å². The van der Waals surface area contributed by atoms with Gasteiger partial charge < -0.3 is 5.32 Å². The zero-order chi connectivity index (χ0) is 15.0. The van der Waals surface area contributed by atoms with Crippen LogP contribution < -0.4 is 5.32 Å². The van der Waals surface area contributed by atoms with Gasteiger partial charge in [-0.15, -0.1) is 0 Å². The van der Waals surface area contributed by atoms with Crippen LogP contribution in [0.3, 0.4) is 0 Å². The summed E-state index contributed by atoms with van der Waals surface area (Å²) in [7, 11) is 0. The highest BCUT2D eigenvalue weighted by atomic mass is 79.9. The van der Waals surface area contributed by atoms with Crippen LogP contribution in [-0.2, 0) is 6.54 Å². The Bertz CT molecular complexity index is 788. The number of nitrogens with zero attached hydrogens (tertiary/aromatic N) is 3. The fraction of sp³-hybridized carbons (Fsp3) is 0.200. The second kappa shape index (κ2) is 5.77. The van der Waals surface area contributed by atoms with E-state index in [2.05, 4.69) is 73.1 Å². The van der Waals surface area contributed by atoms with E-state index in [1.54, 1.807) is 6.20 Å². The molecule has 1 N–H and O–H groups in total. The van der Waals surface area contributed by atoms with Gasteiger partial charge in [0.15, 0.2) is 5.65 Å². The molecular formula is C15H14Br2N4. The number of halogens is 2. The van der Waals surface area contributed by atoms with Crippen LogP contribution in [-0.4, -0.2) is 14.4 Å². The molecule has 0 unspecified atom stereocenters. The Morgan fingerprint density at radius 3 is 2.52 bits per heavy atom. The van der Waals surface area contributed by atoms with E-state index in [0.29, 0.717) is 6.54 Å². The Labute approximate surface area is 139 Å². The van der Waals surface area contributed by atoms with Crippen LogP contribution in [0.1, 0.15) is 16.8 Å². The quantitative estimate of drug-likeness (QED) is 0.693. The molecule has 0 radical (unpaired) electrons.